The molecule has 0 spiro atoms. The molecule has 0 saturated heterocycles. The average Bonchev–Trinajstić information content (AvgIpc) is 3.32. The lowest BCUT2D eigenvalue weighted by Crippen LogP contribution is -2.15. The van der Waals surface area contributed by atoms with E-state index >= 15 is 0 Å². The third kappa shape index (κ3) is 4.68. The largest absolute Gasteiger partial charge is 0.488 e. The Hall–Kier alpha value is -4.24. The number of pyridine rings is 1. The van der Waals surface area contributed by atoms with Gasteiger partial charge in [-0.05, 0) is 24.3 Å². The first kappa shape index (κ1) is 22.0. The van der Waals surface area contributed by atoms with Gasteiger partial charge in [-0.25, -0.2) is 4.39 Å². The van der Waals surface area contributed by atoms with Gasteiger partial charge in [0, 0.05) is 54.0 Å². The highest BCUT2D eigenvalue weighted by Crippen LogP contribution is 2.28. The summed E-state index contributed by atoms with van der Waals surface area (Å²) >= 11 is 0. The maximum absolute atomic E-state index is 14.4. The molecule has 0 radical (unpaired) electrons. The molecule has 0 saturated carbocycles. The second kappa shape index (κ2) is 9.49. The van der Waals surface area contributed by atoms with Gasteiger partial charge >= 0.3 is 0 Å². The summed E-state index contributed by atoms with van der Waals surface area (Å²) in [5.74, 6) is -0.531. The van der Waals surface area contributed by atoms with E-state index in [9.17, 15) is 9.18 Å². The maximum atomic E-state index is 14.4. The predicted molar refractivity (Wildman–Crippen MR) is 122 cm³/mol. The number of nitrogen functional groups attached to an aromatic ring is 1. The van der Waals surface area contributed by atoms with Gasteiger partial charge in [-0.3, -0.25) is 14.8 Å². The van der Waals surface area contributed by atoms with Crippen LogP contribution in [-0.4, -0.2) is 35.8 Å². The van der Waals surface area contributed by atoms with E-state index in [0.29, 0.717) is 18.0 Å². The van der Waals surface area contributed by atoms with Crippen LogP contribution in [0.15, 0.2) is 76.2 Å². The Kier molecular flexibility index (Phi) is 6.32. The number of nitrogens with one attached hydrogen (secondary N) is 1. The highest BCUT2D eigenvalue weighted by Gasteiger charge is 2.18. The summed E-state index contributed by atoms with van der Waals surface area (Å²) in [6.45, 7) is 0.480. The third-order valence-corrected chi connectivity index (χ3v) is 4.94. The topological polar surface area (TPSA) is 116 Å². The quantitative estimate of drug-likeness (QED) is 0.241. The molecular formula is C24H21FN4O4. The molecule has 0 aliphatic heterocycles. The fourth-order valence-corrected chi connectivity index (χ4v) is 3.23. The van der Waals surface area contributed by atoms with Crippen molar-refractivity contribution in [1.82, 2.24) is 9.72 Å². The van der Waals surface area contributed by atoms with E-state index in [0.717, 1.165) is 11.6 Å². The number of rotatable bonds is 8. The maximum Gasteiger partial charge on any atom is 0.255 e. The Morgan fingerprint density at radius 2 is 1.94 bits per heavy atom. The molecule has 33 heavy (non-hydrogen) atoms. The zero-order valence-corrected chi connectivity index (χ0v) is 17.7. The van der Waals surface area contributed by atoms with Gasteiger partial charge < -0.3 is 19.7 Å². The number of nitrogens with two attached hydrogens (primary N) is 1. The van der Waals surface area contributed by atoms with Crippen LogP contribution >= 0.6 is 0 Å². The van der Waals surface area contributed by atoms with E-state index in [1.54, 1.807) is 48.7 Å². The van der Waals surface area contributed by atoms with Crippen LogP contribution in [0.3, 0.4) is 0 Å². The minimum Gasteiger partial charge on any atom is -0.488 e. The summed E-state index contributed by atoms with van der Waals surface area (Å²) in [7, 11) is 1.52. The van der Waals surface area contributed by atoms with Crippen LogP contribution in [-0.2, 0) is 4.74 Å². The molecule has 9 heteroatoms. The first-order chi connectivity index (χ1) is 16.0. The minimum absolute atomic E-state index is 0.0167. The van der Waals surface area contributed by atoms with E-state index in [2.05, 4.69) is 5.16 Å². The predicted octanol–water partition coefficient (Wildman–Crippen LogP) is 3.66. The molecule has 0 amide bonds. The summed E-state index contributed by atoms with van der Waals surface area (Å²) in [4.78, 5) is 12.0. The van der Waals surface area contributed by atoms with Crippen LogP contribution in [0.5, 0.6) is 5.75 Å². The first-order valence-corrected chi connectivity index (χ1v) is 10.0. The molecule has 0 fully saturated rings. The number of hydrogen-bond donors (Lipinski definition) is 2. The lowest BCUT2D eigenvalue weighted by Gasteiger charge is -2.11. The SMILES string of the molecule is COCCOc1cc(N)c(C(=N)c2cc(-c3ccc(-n4ccccc4=O)cc3)no2)cc1F. The molecule has 0 aliphatic carbocycles. The number of nitrogens with zero attached hydrogens (tertiary/aromatic N) is 2. The van der Waals surface area contributed by atoms with Gasteiger partial charge in [0.15, 0.2) is 17.3 Å². The van der Waals surface area contributed by atoms with Crippen molar-refractivity contribution in [2.24, 2.45) is 0 Å². The second-order valence-electron chi connectivity index (χ2n) is 7.12. The molecule has 4 rings (SSSR count). The van der Waals surface area contributed by atoms with Crippen molar-refractivity contribution in [3.63, 3.8) is 0 Å². The van der Waals surface area contributed by atoms with Crippen LogP contribution < -0.4 is 16.0 Å². The molecule has 0 bridgehead atoms. The zero-order chi connectivity index (χ0) is 23.4. The number of halogens is 1. The van der Waals surface area contributed by atoms with E-state index in [1.807, 2.05) is 0 Å². The number of hydrogen-bond acceptors (Lipinski definition) is 7. The van der Waals surface area contributed by atoms with Gasteiger partial charge in [0.05, 0.1) is 6.61 Å². The van der Waals surface area contributed by atoms with Gasteiger partial charge in [-0.15, -0.1) is 0 Å². The van der Waals surface area contributed by atoms with Crippen molar-refractivity contribution in [3.05, 3.63) is 94.4 Å². The van der Waals surface area contributed by atoms with Crippen molar-refractivity contribution in [2.75, 3.05) is 26.1 Å². The van der Waals surface area contributed by atoms with Crippen LogP contribution in [0.4, 0.5) is 10.1 Å². The summed E-state index contributed by atoms with van der Waals surface area (Å²) < 4.78 is 31.4. The second-order valence-corrected chi connectivity index (χ2v) is 7.12. The lowest BCUT2D eigenvalue weighted by molar-refractivity contribution is 0.144. The lowest BCUT2D eigenvalue weighted by atomic mass is 10.0. The number of ether oxygens (including phenoxy) is 2. The molecule has 168 valence electrons. The molecule has 3 N–H and O–H groups in total. The minimum atomic E-state index is -0.647. The van der Waals surface area contributed by atoms with Crippen molar-refractivity contribution in [1.29, 1.82) is 5.41 Å². The van der Waals surface area contributed by atoms with Crippen molar-refractivity contribution >= 4 is 11.4 Å². The number of anilines is 1. The summed E-state index contributed by atoms with van der Waals surface area (Å²) in [5.41, 5.74) is 8.03. The van der Waals surface area contributed by atoms with Gasteiger partial charge in [0.1, 0.15) is 18.0 Å². The zero-order valence-electron chi connectivity index (χ0n) is 17.7. The van der Waals surface area contributed by atoms with Crippen LogP contribution in [0.2, 0.25) is 0 Å². The Balaban J connectivity index is 1.55. The van der Waals surface area contributed by atoms with Crippen LogP contribution in [0, 0.1) is 11.2 Å². The molecule has 8 nitrogen and oxygen atoms in total. The Labute approximate surface area is 188 Å². The van der Waals surface area contributed by atoms with Crippen molar-refractivity contribution < 1.29 is 18.4 Å². The third-order valence-electron chi connectivity index (χ3n) is 4.94. The normalized spacial score (nSPS) is 10.8. The van der Waals surface area contributed by atoms with Gasteiger partial charge in [-0.2, -0.15) is 0 Å². The Bertz CT molecular complexity index is 1350. The van der Waals surface area contributed by atoms with Gasteiger partial charge in [0.25, 0.3) is 5.56 Å². The van der Waals surface area contributed by atoms with Crippen LogP contribution in [0.1, 0.15) is 11.3 Å². The highest BCUT2D eigenvalue weighted by atomic mass is 19.1. The molecule has 2 aromatic carbocycles. The number of methoxy groups -OCH3 is 1. The summed E-state index contributed by atoms with van der Waals surface area (Å²) in [6, 6.07) is 16.1. The fraction of sp³-hybridized carbons (Fsp3) is 0.125. The van der Waals surface area contributed by atoms with Crippen LogP contribution in [0.25, 0.3) is 16.9 Å². The van der Waals surface area contributed by atoms with Crippen molar-refractivity contribution in [2.45, 2.75) is 0 Å². The van der Waals surface area contributed by atoms with Crippen molar-refractivity contribution in [3.8, 4) is 22.7 Å². The molecular weight excluding hydrogens is 427 g/mol. The van der Waals surface area contributed by atoms with E-state index in [1.165, 1.54) is 23.8 Å². The standard InChI is InChI=1S/C24H21FN4O4/c1-31-10-11-32-21-13-19(26)17(12-18(21)25)24(27)22-14-20(28-33-22)15-5-7-16(8-6-15)29-9-3-2-4-23(29)30/h2-9,12-14,27H,10-11,26H2,1H3. The summed E-state index contributed by atoms with van der Waals surface area (Å²) in [5, 5.41) is 12.4. The van der Waals surface area contributed by atoms with Gasteiger partial charge in [0.2, 0.25) is 0 Å². The fourth-order valence-electron chi connectivity index (χ4n) is 3.23. The molecule has 0 atom stereocenters. The van der Waals surface area contributed by atoms with E-state index in [-0.39, 0.29) is 40.6 Å². The molecule has 4 aromatic rings. The van der Waals surface area contributed by atoms with E-state index < -0.39 is 5.82 Å². The highest BCUT2D eigenvalue weighted by molar-refractivity contribution is 6.12. The van der Waals surface area contributed by atoms with E-state index in [4.69, 9.17) is 25.1 Å². The summed E-state index contributed by atoms with van der Waals surface area (Å²) in [6.07, 6.45) is 1.68. The van der Waals surface area contributed by atoms with Gasteiger partial charge in [-0.1, -0.05) is 23.4 Å². The monoisotopic (exact) mass is 448 g/mol. The Morgan fingerprint density at radius 3 is 2.67 bits per heavy atom. The first-order valence-electron chi connectivity index (χ1n) is 10.0. The molecule has 0 unspecified atom stereocenters. The Morgan fingerprint density at radius 1 is 1.15 bits per heavy atom. The average molecular weight is 448 g/mol. The number of benzene rings is 2. The number of aromatic nitrogens is 2. The molecule has 2 aromatic heterocycles. The molecule has 2 heterocycles. The smallest absolute Gasteiger partial charge is 0.255 e. The molecule has 0 aliphatic rings.